The molecular weight excluding hydrogens is 286 g/mol. The molecule has 0 aliphatic carbocycles. The van der Waals surface area contributed by atoms with E-state index >= 15 is 0 Å². The Bertz CT molecular complexity index is 785. The summed E-state index contributed by atoms with van der Waals surface area (Å²) in [6.07, 6.45) is 0. The first-order valence-corrected chi connectivity index (χ1v) is 7.47. The van der Waals surface area contributed by atoms with E-state index in [4.69, 9.17) is 15.2 Å². The summed E-state index contributed by atoms with van der Waals surface area (Å²) in [7, 11) is 1.65. The molecule has 116 valence electrons. The molecule has 0 atom stereocenters. The quantitative estimate of drug-likeness (QED) is 0.705. The highest BCUT2D eigenvalue weighted by Crippen LogP contribution is 2.33. The third kappa shape index (κ3) is 3.64. The Balaban J connectivity index is 1.89. The lowest BCUT2D eigenvalue weighted by Gasteiger charge is -2.12. The Kier molecular flexibility index (Phi) is 4.48. The van der Waals surface area contributed by atoms with Gasteiger partial charge in [-0.25, -0.2) is 0 Å². The number of methoxy groups -OCH3 is 1. The number of anilines is 1. The normalized spacial score (nSPS) is 10.3. The summed E-state index contributed by atoms with van der Waals surface area (Å²) < 4.78 is 11.3. The van der Waals surface area contributed by atoms with Gasteiger partial charge in [0.05, 0.1) is 7.11 Å². The molecule has 0 fully saturated rings. The second kappa shape index (κ2) is 6.88. The highest BCUT2D eigenvalue weighted by atomic mass is 16.5. The van der Waals surface area contributed by atoms with Gasteiger partial charge < -0.3 is 15.2 Å². The second-order valence-electron chi connectivity index (χ2n) is 5.26. The molecular formula is C20H19NO2. The van der Waals surface area contributed by atoms with Gasteiger partial charge in [0.25, 0.3) is 0 Å². The zero-order chi connectivity index (χ0) is 16.1. The van der Waals surface area contributed by atoms with Crippen LogP contribution >= 0.6 is 0 Å². The van der Waals surface area contributed by atoms with Crippen LogP contribution in [0.3, 0.4) is 0 Å². The van der Waals surface area contributed by atoms with Gasteiger partial charge >= 0.3 is 0 Å². The van der Waals surface area contributed by atoms with Crippen molar-refractivity contribution < 1.29 is 9.47 Å². The van der Waals surface area contributed by atoms with Gasteiger partial charge in [-0.05, 0) is 29.3 Å². The SMILES string of the molecule is COc1cc(OCc2ccccc2)cc(-c2ccccc2N)c1. The van der Waals surface area contributed by atoms with Gasteiger partial charge in [-0.2, -0.15) is 0 Å². The first-order chi connectivity index (χ1) is 11.3. The lowest BCUT2D eigenvalue weighted by atomic mass is 10.0. The number of rotatable bonds is 5. The van der Waals surface area contributed by atoms with Crippen LogP contribution in [0.1, 0.15) is 5.56 Å². The van der Waals surface area contributed by atoms with E-state index in [-0.39, 0.29) is 0 Å². The molecule has 0 amide bonds. The molecule has 0 aromatic heterocycles. The van der Waals surface area contributed by atoms with E-state index in [2.05, 4.69) is 0 Å². The van der Waals surface area contributed by atoms with Gasteiger partial charge in [0.2, 0.25) is 0 Å². The predicted octanol–water partition coefficient (Wildman–Crippen LogP) is 4.52. The lowest BCUT2D eigenvalue weighted by molar-refractivity contribution is 0.304. The topological polar surface area (TPSA) is 44.5 Å². The Morgan fingerprint density at radius 1 is 0.826 bits per heavy atom. The van der Waals surface area contributed by atoms with Crippen molar-refractivity contribution in [2.75, 3.05) is 12.8 Å². The number of ether oxygens (including phenoxy) is 2. The largest absolute Gasteiger partial charge is 0.497 e. The molecule has 0 saturated carbocycles. The minimum absolute atomic E-state index is 0.512. The number of nitrogen functional groups attached to an aromatic ring is 1. The summed E-state index contributed by atoms with van der Waals surface area (Å²) in [6.45, 7) is 0.512. The van der Waals surface area contributed by atoms with Crippen LogP contribution in [-0.4, -0.2) is 7.11 Å². The fraction of sp³-hybridized carbons (Fsp3) is 0.100. The molecule has 3 nitrogen and oxygen atoms in total. The van der Waals surface area contributed by atoms with Crippen molar-refractivity contribution >= 4 is 5.69 Å². The van der Waals surface area contributed by atoms with Crippen LogP contribution in [0.4, 0.5) is 5.69 Å². The van der Waals surface area contributed by atoms with Crippen LogP contribution in [0.2, 0.25) is 0 Å². The average molecular weight is 305 g/mol. The summed E-state index contributed by atoms with van der Waals surface area (Å²) in [4.78, 5) is 0. The highest BCUT2D eigenvalue weighted by molar-refractivity contribution is 5.77. The van der Waals surface area contributed by atoms with E-state index in [1.165, 1.54) is 0 Å². The van der Waals surface area contributed by atoms with Crippen molar-refractivity contribution in [3.63, 3.8) is 0 Å². The van der Waals surface area contributed by atoms with Crippen molar-refractivity contribution in [3.8, 4) is 22.6 Å². The van der Waals surface area contributed by atoms with Crippen molar-refractivity contribution in [1.29, 1.82) is 0 Å². The smallest absolute Gasteiger partial charge is 0.124 e. The van der Waals surface area contributed by atoms with Gasteiger partial charge in [-0.15, -0.1) is 0 Å². The van der Waals surface area contributed by atoms with E-state index < -0.39 is 0 Å². The standard InChI is InChI=1S/C20H19NO2/c1-22-17-11-16(19-9-5-6-10-20(19)21)12-18(13-17)23-14-15-7-3-2-4-8-15/h2-13H,14,21H2,1H3. The third-order valence-electron chi connectivity index (χ3n) is 3.64. The first-order valence-electron chi connectivity index (χ1n) is 7.47. The fourth-order valence-corrected chi connectivity index (χ4v) is 2.43. The third-order valence-corrected chi connectivity index (χ3v) is 3.64. The molecule has 0 bridgehead atoms. The van der Waals surface area contributed by atoms with Crippen molar-refractivity contribution in [1.82, 2.24) is 0 Å². The molecule has 2 N–H and O–H groups in total. The molecule has 3 aromatic rings. The van der Waals surface area contributed by atoms with Gasteiger partial charge in [0.15, 0.2) is 0 Å². The molecule has 0 saturated heterocycles. The molecule has 0 radical (unpaired) electrons. The van der Waals surface area contributed by atoms with Crippen molar-refractivity contribution in [2.45, 2.75) is 6.61 Å². The van der Waals surface area contributed by atoms with Gasteiger partial charge in [-0.1, -0.05) is 48.5 Å². The highest BCUT2D eigenvalue weighted by Gasteiger charge is 2.07. The van der Waals surface area contributed by atoms with E-state index in [0.717, 1.165) is 33.9 Å². The molecule has 0 unspecified atom stereocenters. The van der Waals surface area contributed by atoms with Crippen LogP contribution in [0, 0.1) is 0 Å². The zero-order valence-electron chi connectivity index (χ0n) is 13.0. The second-order valence-corrected chi connectivity index (χ2v) is 5.26. The van der Waals surface area contributed by atoms with E-state index in [9.17, 15) is 0 Å². The summed E-state index contributed by atoms with van der Waals surface area (Å²) in [5.74, 6) is 1.50. The molecule has 23 heavy (non-hydrogen) atoms. The minimum Gasteiger partial charge on any atom is -0.497 e. The number of hydrogen-bond donors (Lipinski definition) is 1. The molecule has 3 heteroatoms. The van der Waals surface area contributed by atoms with E-state index in [1.54, 1.807) is 7.11 Å². The summed E-state index contributed by atoms with van der Waals surface area (Å²) in [5.41, 5.74) is 9.88. The molecule has 0 spiro atoms. The van der Waals surface area contributed by atoms with Gasteiger partial charge in [0.1, 0.15) is 18.1 Å². The van der Waals surface area contributed by atoms with Crippen LogP contribution in [0.25, 0.3) is 11.1 Å². The predicted molar refractivity (Wildman–Crippen MR) is 93.6 cm³/mol. The number of hydrogen-bond acceptors (Lipinski definition) is 3. The van der Waals surface area contributed by atoms with Crippen molar-refractivity contribution in [2.24, 2.45) is 0 Å². The zero-order valence-corrected chi connectivity index (χ0v) is 13.0. The van der Waals surface area contributed by atoms with Crippen LogP contribution < -0.4 is 15.2 Å². The first kappa shape index (κ1) is 15.0. The maximum atomic E-state index is 6.08. The monoisotopic (exact) mass is 305 g/mol. The fourth-order valence-electron chi connectivity index (χ4n) is 2.43. The summed E-state index contributed by atoms with van der Waals surface area (Å²) in [5, 5.41) is 0. The molecule has 0 aliphatic rings. The maximum absolute atomic E-state index is 6.08. The molecule has 0 aliphatic heterocycles. The van der Waals surface area contributed by atoms with Gasteiger partial charge in [0, 0.05) is 17.3 Å². The Morgan fingerprint density at radius 3 is 2.26 bits per heavy atom. The molecule has 0 heterocycles. The van der Waals surface area contributed by atoms with E-state index in [1.807, 2.05) is 72.8 Å². The molecule has 3 rings (SSSR count). The van der Waals surface area contributed by atoms with Crippen LogP contribution in [0.5, 0.6) is 11.5 Å². The lowest BCUT2D eigenvalue weighted by Crippen LogP contribution is -1.97. The van der Waals surface area contributed by atoms with E-state index in [0.29, 0.717) is 6.61 Å². The number of benzene rings is 3. The maximum Gasteiger partial charge on any atom is 0.124 e. The Hall–Kier alpha value is -2.94. The Labute approximate surface area is 136 Å². The van der Waals surface area contributed by atoms with Crippen molar-refractivity contribution in [3.05, 3.63) is 78.4 Å². The van der Waals surface area contributed by atoms with Crippen LogP contribution in [-0.2, 0) is 6.61 Å². The average Bonchev–Trinajstić information content (AvgIpc) is 2.61. The number of nitrogens with two attached hydrogens (primary N) is 1. The van der Waals surface area contributed by atoms with Crippen LogP contribution in [0.15, 0.2) is 72.8 Å². The summed E-state index contributed by atoms with van der Waals surface area (Å²) in [6, 6.07) is 23.7. The minimum atomic E-state index is 0.512. The molecule has 3 aromatic carbocycles. The summed E-state index contributed by atoms with van der Waals surface area (Å²) >= 11 is 0. The van der Waals surface area contributed by atoms with Gasteiger partial charge in [-0.3, -0.25) is 0 Å². The Morgan fingerprint density at radius 2 is 1.52 bits per heavy atom. The number of para-hydroxylation sites is 1.